The highest BCUT2D eigenvalue weighted by Gasteiger charge is 2.31. The monoisotopic (exact) mass is 505 g/mol. The van der Waals surface area contributed by atoms with E-state index >= 15 is 0 Å². The minimum absolute atomic E-state index is 0.118. The van der Waals surface area contributed by atoms with Gasteiger partial charge in [0.1, 0.15) is 12.6 Å². The molecule has 1 atom stereocenters. The van der Waals surface area contributed by atoms with Gasteiger partial charge >= 0.3 is 0 Å². The lowest BCUT2D eigenvalue weighted by Gasteiger charge is -2.32. The van der Waals surface area contributed by atoms with Gasteiger partial charge in [0.15, 0.2) is 0 Å². The lowest BCUT2D eigenvalue weighted by atomic mass is 10.1. The molecule has 1 aliphatic carbocycles. The molecule has 2 aromatic rings. The summed E-state index contributed by atoms with van der Waals surface area (Å²) in [5, 5.41) is 3.51. The number of nitrogens with one attached hydrogen (secondary N) is 1. The Bertz CT molecular complexity index is 1120. The van der Waals surface area contributed by atoms with Crippen LogP contribution in [0.4, 0.5) is 5.69 Å². The van der Waals surface area contributed by atoms with Crippen molar-refractivity contribution in [3.8, 4) is 0 Å². The number of amides is 2. The van der Waals surface area contributed by atoms with E-state index in [0.29, 0.717) is 10.7 Å². The summed E-state index contributed by atoms with van der Waals surface area (Å²) < 4.78 is 26.1. The number of hydrogen-bond donors (Lipinski definition) is 1. The molecular formula is C25H32ClN3O4S. The van der Waals surface area contributed by atoms with Gasteiger partial charge in [0.05, 0.1) is 11.9 Å². The van der Waals surface area contributed by atoms with Gasteiger partial charge in [0, 0.05) is 17.6 Å². The average Bonchev–Trinajstić information content (AvgIpc) is 3.28. The Morgan fingerprint density at radius 2 is 1.76 bits per heavy atom. The standard InChI is InChI=1S/C25H32ClN3O4S/c1-18-7-6-8-20(15-18)16-28(19(2)25(31)27-22-9-4-5-10-22)24(30)17-29(34(3,32)33)23-13-11-21(26)12-14-23/h6-8,11-15,19,22H,4-5,9-10,16-17H2,1-3H3,(H,27,31). The topological polar surface area (TPSA) is 86.8 Å². The third-order valence-corrected chi connectivity index (χ3v) is 7.49. The summed E-state index contributed by atoms with van der Waals surface area (Å²) in [6, 6.07) is 13.3. The van der Waals surface area contributed by atoms with E-state index in [9.17, 15) is 18.0 Å². The number of carbonyl (C=O) groups excluding carboxylic acids is 2. The molecule has 1 N–H and O–H groups in total. The molecule has 0 bridgehead atoms. The molecule has 34 heavy (non-hydrogen) atoms. The summed E-state index contributed by atoms with van der Waals surface area (Å²) >= 11 is 5.95. The number of carbonyl (C=O) groups is 2. The smallest absolute Gasteiger partial charge is 0.244 e. The van der Waals surface area contributed by atoms with Crippen LogP contribution in [0.2, 0.25) is 5.02 Å². The van der Waals surface area contributed by atoms with E-state index in [4.69, 9.17) is 11.6 Å². The Hall–Kier alpha value is -2.58. The molecule has 1 fully saturated rings. The Kier molecular flexibility index (Phi) is 8.60. The molecule has 1 aliphatic rings. The Morgan fingerprint density at radius 3 is 2.35 bits per heavy atom. The molecule has 184 valence electrons. The number of anilines is 1. The van der Waals surface area contributed by atoms with E-state index in [-0.39, 0.29) is 18.5 Å². The van der Waals surface area contributed by atoms with Crippen LogP contribution in [0.5, 0.6) is 0 Å². The first-order valence-electron chi connectivity index (χ1n) is 11.4. The van der Waals surface area contributed by atoms with Crippen LogP contribution >= 0.6 is 11.6 Å². The van der Waals surface area contributed by atoms with Crippen molar-refractivity contribution < 1.29 is 18.0 Å². The number of nitrogens with zero attached hydrogens (tertiary/aromatic N) is 2. The highest BCUT2D eigenvalue weighted by molar-refractivity contribution is 7.92. The quantitative estimate of drug-likeness (QED) is 0.560. The number of hydrogen-bond acceptors (Lipinski definition) is 4. The number of benzene rings is 2. The molecule has 2 amide bonds. The summed E-state index contributed by atoms with van der Waals surface area (Å²) in [4.78, 5) is 28.0. The summed E-state index contributed by atoms with van der Waals surface area (Å²) in [5.74, 6) is -0.693. The first-order valence-corrected chi connectivity index (χ1v) is 13.7. The van der Waals surface area contributed by atoms with Crippen LogP contribution in [-0.2, 0) is 26.2 Å². The van der Waals surface area contributed by atoms with Gasteiger partial charge < -0.3 is 10.2 Å². The lowest BCUT2D eigenvalue weighted by molar-refractivity contribution is -0.139. The fourth-order valence-corrected chi connectivity index (χ4v) is 5.18. The van der Waals surface area contributed by atoms with E-state index in [1.807, 2.05) is 31.2 Å². The molecule has 3 rings (SSSR count). The number of halogens is 1. The zero-order valence-electron chi connectivity index (χ0n) is 19.8. The SMILES string of the molecule is Cc1cccc(CN(C(=O)CN(c2ccc(Cl)cc2)S(C)(=O)=O)C(C)C(=O)NC2CCCC2)c1. The average molecular weight is 506 g/mol. The van der Waals surface area contributed by atoms with Crippen LogP contribution in [0.15, 0.2) is 48.5 Å². The van der Waals surface area contributed by atoms with Gasteiger partial charge in [0.25, 0.3) is 0 Å². The minimum Gasteiger partial charge on any atom is -0.352 e. The molecule has 0 radical (unpaired) electrons. The van der Waals surface area contributed by atoms with Crippen LogP contribution in [0.3, 0.4) is 0 Å². The Labute approximate surface area is 207 Å². The van der Waals surface area contributed by atoms with E-state index < -0.39 is 28.5 Å². The fourth-order valence-electron chi connectivity index (χ4n) is 4.20. The van der Waals surface area contributed by atoms with Crippen molar-refractivity contribution in [2.75, 3.05) is 17.1 Å². The maximum atomic E-state index is 13.5. The summed E-state index contributed by atoms with van der Waals surface area (Å²) in [5.41, 5.74) is 2.23. The second kappa shape index (κ2) is 11.2. The molecule has 0 aromatic heterocycles. The third kappa shape index (κ3) is 6.96. The Morgan fingerprint density at radius 1 is 1.12 bits per heavy atom. The van der Waals surface area contributed by atoms with Gasteiger partial charge in [-0.15, -0.1) is 0 Å². The Balaban J connectivity index is 1.87. The zero-order chi connectivity index (χ0) is 24.9. The van der Waals surface area contributed by atoms with Crippen molar-refractivity contribution in [3.05, 3.63) is 64.7 Å². The zero-order valence-corrected chi connectivity index (χ0v) is 21.4. The predicted molar refractivity (Wildman–Crippen MR) is 135 cm³/mol. The normalized spacial score (nSPS) is 15.1. The molecule has 0 saturated heterocycles. The van der Waals surface area contributed by atoms with Crippen LogP contribution < -0.4 is 9.62 Å². The maximum absolute atomic E-state index is 13.5. The van der Waals surface area contributed by atoms with Gasteiger partial charge in [-0.3, -0.25) is 13.9 Å². The van der Waals surface area contributed by atoms with E-state index in [2.05, 4.69) is 5.32 Å². The van der Waals surface area contributed by atoms with Crippen molar-refractivity contribution in [3.63, 3.8) is 0 Å². The van der Waals surface area contributed by atoms with E-state index in [0.717, 1.165) is 47.4 Å². The maximum Gasteiger partial charge on any atom is 0.244 e. The minimum atomic E-state index is -3.76. The highest BCUT2D eigenvalue weighted by Crippen LogP contribution is 2.22. The molecule has 0 aliphatic heterocycles. The van der Waals surface area contributed by atoms with Gasteiger partial charge in [-0.2, -0.15) is 0 Å². The molecule has 9 heteroatoms. The van der Waals surface area contributed by atoms with E-state index in [1.54, 1.807) is 31.2 Å². The second-order valence-corrected chi connectivity index (χ2v) is 11.3. The van der Waals surface area contributed by atoms with Crippen molar-refractivity contribution in [1.82, 2.24) is 10.2 Å². The second-order valence-electron chi connectivity index (χ2n) is 8.92. The predicted octanol–water partition coefficient (Wildman–Crippen LogP) is 3.89. The third-order valence-electron chi connectivity index (χ3n) is 6.10. The summed E-state index contributed by atoms with van der Waals surface area (Å²) in [7, 11) is -3.76. The van der Waals surface area contributed by atoms with Crippen LogP contribution in [-0.4, -0.2) is 50.0 Å². The molecule has 1 unspecified atom stereocenters. The number of aryl methyl sites for hydroxylation is 1. The van der Waals surface area contributed by atoms with Crippen LogP contribution in [0.25, 0.3) is 0 Å². The molecule has 7 nitrogen and oxygen atoms in total. The lowest BCUT2D eigenvalue weighted by Crippen LogP contribution is -2.52. The van der Waals surface area contributed by atoms with Crippen molar-refractivity contribution >= 4 is 39.1 Å². The highest BCUT2D eigenvalue weighted by atomic mass is 35.5. The molecule has 0 spiro atoms. The first-order chi connectivity index (χ1) is 16.0. The molecule has 0 heterocycles. The van der Waals surface area contributed by atoms with Gasteiger partial charge in [-0.1, -0.05) is 54.3 Å². The summed E-state index contributed by atoms with van der Waals surface area (Å²) in [6.07, 6.45) is 5.08. The van der Waals surface area contributed by atoms with Gasteiger partial charge in [0.2, 0.25) is 21.8 Å². The van der Waals surface area contributed by atoms with Crippen LogP contribution in [0.1, 0.15) is 43.7 Å². The van der Waals surface area contributed by atoms with Gasteiger partial charge in [-0.05, 0) is 56.5 Å². The molecular weight excluding hydrogens is 474 g/mol. The van der Waals surface area contributed by atoms with E-state index in [1.165, 1.54) is 4.90 Å². The largest absolute Gasteiger partial charge is 0.352 e. The molecule has 1 saturated carbocycles. The fraction of sp³-hybridized carbons (Fsp3) is 0.440. The van der Waals surface area contributed by atoms with Crippen molar-refractivity contribution in [2.24, 2.45) is 0 Å². The summed E-state index contributed by atoms with van der Waals surface area (Å²) in [6.45, 7) is 3.41. The molecule has 2 aromatic carbocycles. The van der Waals surface area contributed by atoms with Crippen LogP contribution in [0, 0.1) is 6.92 Å². The number of rotatable bonds is 9. The van der Waals surface area contributed by atoms with Crippen molar-refractivity contribution in [1.29, 1.82) is 0 Å². The number of sulfonamides is 1. The first kappa shape index (κ1) is 26.0. The van der Waals surface area contributed by atoms with Gasteiger partial charge in [-0.25, -0.2) is 8.42 Å². The van der Waals surface area contributed by atoms with Crippen molar-refractivity contribution in [2.45, 2.75) is 58.2 Å².